The zero-order chi connectivity index (χ0) is 52.1. The summed E-state index contributed by atoms with van der Waals surface area (Å²) in [6.07, 6.45) is 70.1. The van der Waals surface area contributed by atoms with Crippen molar-refractivity contribution in [2.45, 2.75) is 334 Å². The molecule has 9 nitrogen and oxygen atoms in total. The minimum atomic E-state index is -0.718. The predicted octanol–water partition coefficient (Wildman–Crippen LogP) is 19.0. The minimum absolute atomic E-state index is 0.0441. The molecule has 3 rings (SSSR count). The van der Waals surface area contributed by atoms with E-state index < -0.39 is 24.0 Å². The van der Waals surface area contributed by atoms with E-state index in [-0.39, 0.29) is 17.0 Å². The maximum atomic E-state index is 12.7. The first kappa shape index (κ1) is 64.5. The number of nitrogen functional groups attached to an aromatic ring is 1. The van der Waals surface area contributed by atoms with Gasteiger partial charge in [0.05, 0.1) is 18.0 Å². The molecule has 0 aromatic carbocycles. The minimum Gasteiger partial charge on any atom is -0.390 e. The summed E-state index contributed by atoms with van der Waals surface area (Å²) in [6.45, 7) is 7.54. The number of nitrogens with one attached hydrogen (secondary N) is 1. The average molecular weight is 1020 g/mol. The number of imidazole rings is 1. The lowest BCUT2D eigenvalue weighted by molar-refractivity contribution is -0.178. The molecule has 3 atom stereocenters. The summed E-state index contributed by atoms with van der Waals surface area (Å²) >= 11 is 0. The number of hydrogen-bond donors (Lipinski definition) is 3. The van der Waals surface area contributed by atoms with E-state index in [1.165, 1.54) is 231 Å². The van der Waals surface area contributed by atoms with Crippen LogP contribution in [0.3, 0.4) is 0 Å². The molecule has 1 aliphatic rings. The topological polar surface area (TPSA) is 128 Å². The Morgan fingerprint density at radius 3 is 1.33 bits per heavy atom. The molecule has 0 bridgehead atoms. The summed E-state index contributed by atoms with van der Waals surface area (Å²) in [4.78, 5) is 24.1. The van der Waals surface area contributed by atoms with Gasteiger partial charge >= 0.3 is 0 Å². The first-order chi connectivity index (χ1) is 36.0. The van der Waals surface area contributed by atoms with Crippen LogP contribution < -0.4 is 11.3 Å². The van der Waals surface area contributed by atoms with Crippen molar-refractivity contribution in [2.24, 2.45) is 0 Å². The van der Waals surface area contributed by atoms with E-state index in [9.17, 15) is 9.90 Å². The van der Waals surface area contributed by atoms with Gasteiger partial charge in [0.25, 0.3) is 5.56 Å². The van der Waals surface area contributed by atoms with E-state index in [0.29, 0.717) is 18.7 Å². The SMILES string of the molecule is CCCCCCCC/C=C\CCCCCCCCOC(CCCCCCCC/C=C\CCCCCCCC)(CCCCCCCC/C=C\CCCCCCCC)[C@H]1O[C@@H](n2cnc3c(=O)[nH]c(N)nc32)C[C@@H]1O. The van der Waals surface area contributed by atoms with Crippen molar-refractivity contribution in [1.82, 2.24) is 19.5 Å². The largest absolute Gasteiger partial charge is 0.390 e. The van der Waals surface area contributed by atoms with E-state index in [2.05, 4.69) is 72.2 Å². The zero-order valence-electron chi connectivity index (χ0n) is 47.9. The molecular formula is C64H115N5O4. The van der Waals surface area contributed by atoms with Crippen LogP contribution in [0, 0.1) is 0 Å². The van der Waals surface area contributed by atoms with Gasteiger partial charge in [0.1, 0.15) is 12.3 Å². The second-order valence-corrected chi connectivity index (χ2v) is 22.3. The average Bonchev–Trinajstić information content (AvgIpc) is 4.00. The van der Waals surface area contributed by atoms with Crippen molar-refractivity contribution in [3.8, 4) is 0 Å². The highest BCUT2D eigenvalue weighted by Gasteiger charge is 2.50. The Kier molecular flexibility index (Phi) is 39.2. The van der Waals surface area contributed by atoms with Gasteiger partial charge in [0.2, 0.25) is 5.95 Å². The number of aromatic amines is 1. The Morgan fingerprint density at radius 1 is 0.575 bits per heavy atom. The molecule has 0 saturated carbocycles. The third-order valence-corrected chi connectivity index (χ3v) is 15.6. The summed E-state index contributed by atoms with van der Waals surface area (Å²) in [5.41, 5.74) is 5.65. The summed E-state index contributed by atoms with van der Waals surface area (Å²) in [7, 11) is 0. The number of H-pyrrole nitrogens is 1. The van der Waals surface area contributed by atoms with E-state index in [1.54, 1.807) is 10.9 Å². The van der Waals surface area contributed by atoms with Crippen LogP contribution in [0.15, 0.2) is 47.6 Å². The van der Waals surface area contributed by atoms with E-state index in [0.717, 1.165) is 51.4 Å². The maximum Gasteiger partial charge on any atom is 0.280 e. The van der Waals surface area contributed by atoms with E-state index in [4.69, 9.17) is 15.2 Å². The molecule has 3 heterocycles. The molecule has 2 aromatic rings. The molecule has 0 radical (unpaired) electrons. The number of rotatable bonds is 51. The third-order valence-electron chi connectivity index (χ3n) is 15.6. The van der Waals surface area contributed by atoms with Gasteiger partial charge in [-0.15, -0.1) is 0 Å². The molecule has 2 aromatic heterocycles. The van der Waals surface area contributed by atoms with Gasteiger partial charge in [0.15, 0.2) is 11.2 Å². The number of aliphatic hydroxyl groups is 1. The van der Waals surface area contributed by atoms with Crippen molar-refractivity contribution in [2.75, 3.05) is 12.3 Å². The Hall–Kier alpha value is -2.75. The highest BCUT2D eigenvalue weighted by molar-refractivity contribution is 5.70. The molecule has 0 amide bonds. The first-order valence-corrected chi connectivity index (χ1v) is 31.6. The quantitative estimate of drug-likeness (QED) is 0.0445. The van der Waals surface area contributed by atoms with Crippen molar-refractivity contribution in [1.29, 1.82) is 0 Å². The van der Waals surface area contributed by atoms with Gasteiger partial charge in [-0.1, -0.05) is 243 Å². The number of anilines is 1. The van der Waals surface area contributed by atoms with Crippen LogP contribution in [0.1, 0.15) is 316 Å². The van der Waals surface area contributed by atoms with Gasteiger partial charge in [-0.25, -0.2) is 4.98 Å². The van der Waals surface area contributed by atoms with Crippen molar-refractivity contribution >= 4 is 17.1 Å². The molecule has 9 heteroatoms. The number of nitrogens with two attached hydrogens (primary N) is 1. The Bertz CT molecular complexity index is 1670. The number of hydrogen-bond acceptors (Lipinski definition) is 7. The monoisotopic (exact) mass is 1020 g/mol. The second kappa shape index (κ2) is 44.4. The number of nitrogens with zero attached hydrogens (tertiary/aromatic N) is 3. The van der Waals surface area contributed by atoms with Crippen LogP contribution in [0.25, 0.3) is 11.2 Å². The highest BCUT2D eigenvalue weighted by atomic mass is 16.6. The van der Waals surface area contributed by atoms with Crippen LogP contribution in [0.5, 0.6) is 0 Å². The molecule has 1 aliphatic heterocycles. The van der Waals surface area contributed by atoms with Crippen molar-refractivity contribution in [3.63, 3.8) is 0 Å². The predicted molar refractivity (Wildman–Crippen MR) is 313 cm³/mol. The molecule has 0 aliphatic carbocycles. The number of allylic oxidation sites excluding steroid dienone is 6. The summed E-state index contributed by atoms with van der Waals surface area (Å²) in [5, 5.41) is 12.0. The highest BCUT2D eigenvalue weighted by Crippen LogP contribution is 2.42. The number of aromatic nitrogens is 4. The number of aliphatic hydroxyl groups excluding tert-OH is 1. The van der Waals surface area contributed by atoms with E-state index in [1.807, 2.05) is 0 Å². The molecule has 4 N–H and O–H groups in total. The smallest absolute Gasteiger partial charge is 0.280 e. The van der Waals surface area contributed by atoms with Crippen LogP contribution in [-0.4, -0.2) is 49.0 Å². The van der Waals surface area contributed by atoms with Gasteiger partial charge in [-0.2, -0.15) is 4.98 Å². The second-order valence-electron chi connectivity index (χ2n) is 22.3. The summed E-state index contributed by atoms with van der Waals surface area (Å²) in [6, 6.07) is 0. The van der Waals surface area contributed by atoms with Crippen molar-refractivity contribution < 1.29 is 14.6 Å². The van der Waals surface area contributed by atoms with Crippen LogP contribution >= 0.6 is 0 Å². The fourth-order valence-electron chi connectivity index (χ4n) is 11.1. The first-order valence-electron chi connectivity index (χ1n) is 31.6. The standard InChI is InChI=1S/C64H115N5O4/c1-4-7-10-13-16-19-22-25-28-31-34-37-40-43-46-49-52-64(53-50-47-44-41-38-35-32-29-26-23-20-17-14-11-8-5-2,72-54-51-48-45-42-39-36-33-30-27-24-21-18-15-12-9-6-3)60-57(70)55-58(73-60)69-56-66-59-61(69)67-63(65)68-62(59)71/h25-30,56-58,60,70H,4-24,31-55H2,1-3H3,(H3,65,67,68,71)/b28-25-,29-26-,30-27-/t57-,58+,60-/m0/s1. The zero-order valence-corrected chi connectivity index (χ0v) is 47.9. The number of ether oxygens (including phenoxy) is 2. The molecule has 420 valence electrons. The van der Waals surface area contributed by atoms with Gasteiger partial charge < -0.3 is 20.3 Å². The van der Waals surface area contributed by atoms with Gasteiger partial charge in [-0.05, 0) is 96.3 Å². The Balaban J connectivity index is 1.57. The molecule has 0 unspecified atom stereocenters. The lowest BCUT2D eigenvalue weighted by Crippen LogP contribution is -2.50. The normalized spacial score (nSPS) is 16.5. The van der Waals surface area contributed by atoms with E-state index >= 15 is 0 Å². The molecule has 73 heavy (non-hydrogen) atoms. The van der Waals surface area contributed by atoms with Crippen LogP contribution in [-0.2, 0) is 9.47 Å². The molecular weight excluding hydrogens is 903 g/mol. The Labute approximate surface area is 448 Å². The Morgan fingerprint density at radius 2 is 0.932 bits per heavy atom. The number of unbranched alkanes of at least 4 members (excludes halogenated alkanes) is 36. The van der Waals surface area contributed by atoms with Gasteiger partial charge in [0, 0.05) is 13.0 Å². The lowest BCUT2D eigenvalue weighted by atomic mass is 9.82. The lowest BCUT2D eigenvalue weighted by Gasteiger charge is -2.40. The third kappa shape index (κ3) is 30.0. The summed E-state index contributed by atoms with van der Waals surface area (Å²) in [5.74, 6) is 0.0441. The van der Waals surface area contributed by atoms with Crippen LogP contribution in [0.4, 0.5) is 5.95 Å². The van der Waals surface area contributed by atoms with Gasteiger partial charge in [-0.3, -0.25) is 14.3 Å². The molecule has 0 spiro atoms. The van der Waals surface area contributed by atoms with Crippen LogP contribution in [0.2, 0.25) is 0 Å². The maximum absolute atomic E-state index is 12.7. The van der Waals surface area contributed by atoms with Crippen molar-refractivity contribution in [3.05, 3.63) is 53.1 Å². The fraction of sp³-hybridized carbons (Fsp3) is 0.828. The molecule has 1 fully saturated rings. The fourth-order valence-corrected chi connectivity index (χ4v) is 11.1. The number of fused-ring (bicyclic) bond motifs is 1. The summed E-state index contributed by atoms with van der Waals surface area (Å²) < 4.78 is 16.0. The molecule has 1 saturated heterocycles.